The number of rotatable bonds is 6. The van der Waals surface area contributed by atoms with E-state index in [1.54, 1.807) is 51.3 Å². The van der Waals surface area contributed by atoms with Crippen molar-refractivity contribution in [2.45, 2.75) is 20.8 Å². The number of hydrogen-bond donors (Lipinski definition) is 1. The zero-order valence-corrected chi connectivity index (χ0v) is 15.6. The number of H-pyrrole nitrogens is 1. The van der Waals surface area contributed by atoms with Gasteiger partial charge in [0.15, 0.2) is 5.69 Å². The fourth-order valence-corrected chi connectivity index (χ4v) is 2.40. The van der Waals surface area contributed by atoms with Crippen LogP contribution in [0.3, 0.4) is 0 Å². The number of methoxy groups -OCH3 is 1. The van der Waals surface area contributed by atoms with Crippen LogP contribution in [0.4, 0.5) is 11.4 Å². The molecule has 0 saturated heterocycles. The average molecular weight is 368 g/mol. The summed E-state index contributed by atoms with van der Waals surface area (Å²) in [5.41, 5.74) is 1.64. The van der Waals surface area contributed by atoms with E-state index in [4.69, 9.17) is 9.47 Å². The smallest absolute Gasteiger partial charge is 0.301 e. The molecule has 0 atom stereocenters. The highest BCUT2D eigenvalue weighted by Crippen LogP contribution is 2.21. The van der Waals surface area contributed by atoms with Crippen LogP contribution in [-0.4, -0.2) is 33.5 Å². The Balaban J connectivity index is 1.95. The van der Waals surface area contributed by atoms with E-state index in [-0.39, 0.29) is 11.6 Å². The molecule has 0 unspecified atom stereocenters. The molecule has 0 amide bonds. The number of benzene rings is 1. The van der Waals surface area contributed by atoms with Gasteiger partial charge in [-0.05, 0) is 45.0 Å². The summed E-state index contributed by atoms with van der Waals surface area (Å²) in [6.45, 7) is 5.87. The summed E-state index contributed by atoms with van der Waals surface area (Å²) in [5, 5.41) is 11.1. The highest BCUT2D eigenvalue weighted by Gasteiger charge is 2.15. The molecule has 0 bridgehead atoms. The maximum atomic E-state index is 12.7. The Morgan fingerprint density at radius 2 is 1.89 bits per heavy atom. The van der Waals surface area contributed by atoms with E-state index in [0.717, 1.165) is 5.75 Å². The Morgan fingerprint density at radius 1 is 1.15 bits per heavy atom. The molecule has 0 aliphatic carbocycles. The maximum absolute atomic E-state index is 12.7. The summed E-state index contributed by atoms with van der Waals surface area (Å²) in [4.78, 5) is 21.3. The van der Waals surface area contributed by atoms with Gasteiger partial charge in [0.05, 0.1) is 25.1 Å². The molecule has 2 aromatic heterocycles. The molecule has 0 fully saturated rings. The van der Waals surface area contributed by atoms with Gasteiger partial charge in [-0.2, -0.15) is 14.8 Å². The van der Waals surface area contributed by atoms with Gasteiger partial charge in [0.25, 0.3) is 5.95 Å². The first kappa shape index (κ1) is 18.3. The average Bonchev–Trinajstić information content (AvgIpc) is 2.94. The van der Waals surface area contributed by atoms with Crippen molar-refractivity contribution in [3.8, 4) is 17.6 Å². The molecule has 0 aliphatic rings. The van der Waals surface area contributed by atoms with Crippen molar-refractivity contribution in [1.82, 2.24) is 19.7 Å². The molecular formula is C18H20N6O3. The molecule has 0 spiro atoms. The minimum Gasteiger partial charge on any atom is -0.497 e. The normalized spacial score (nSPS) is 11.1. The molecule has 0 saturated carbocycles. The number of nitrogens with zero attached hydrogens (tertiary/aromatic N) is 5. The van der Waals surface area contributed by atoms with Gasteiger partial charge in [0.2, 0.25) is 5.88 Å². The lowest BCUT2D eigenvalue weighted by Gasteiger charge is -2.05. The number of azo groups is 1. The van der Waals surface area contributed by atoms with E-state index in [2.05, 4.69) is 25.3 Å². The lowest BCUT2D eigenvalue weighted by Crippen LogP contribution is -2.18. The van der Waals surface area contributed by atoms with Gasteiger partial charge in [-0.3, -0.25) is 9.89 Å². The Kier molecular flexibility index (Phi) is 5.30. The van der Waals surface area contributed by atoms with E-state index < -0.39 is 5.56 Å². The monoisotopic (exact) mass is 368 g/mol. The first-order chi connectivity index (χ1) is 13.0. The molecule has 0 aliphatic heterocycles. The van der Waals surface area contributed by atoms with Crippen LogP contribution in [0.1, 0.15) is 18.3 Å². The summed E-state index contributed by atoms with van der Waals surface area (Å²) in [5.74, 6) is 1.31. The third-order valence-corrected chi connectivity index (χ3v) is 3.69. The van der Waals surface area contributed by atoms with Gasteiger partial charge < -0.3 is 9.47 Å². The van der Waals surface area contributed by atoms with Gasteiger partial charge in [-0.25, -0.2) is 4.98 Å². The lowest BCUT2D eigenvalue weighted by molar-refractivity contribution is 0.325. The Hall–Kier alpha value is -3.49. The van der Waals surface area contributed by atoms with Gasteiger partial charge in [0.1, 0.15) is 5.75 Å². The van der Waals surface area contributed by atoms with Crippen molar-refractivity contribution in [1.29, 1.82) is 0 Å². The number of nitrogens with one attached hydrogen (secondary N) is 1. The zero-order chi connectivity index (χ0) is 19.4. The summed E-state index contributed by atoms with van der Waals surface area (Å²) >= 11 is 0. The van der Waals surface area contributed by atoms with E-state index in [1.807, 2.05) is 6.92 Å². The Labute approximate surface area is 155 Å². The molecule has 1 N–H and O–H groups in total. The summed E-state index contributed by atoms with van der Waals surface area (Å²) < 4.78 is 11.8. The number of hydrogen-bond acceptors (Lipinski definition) is 7. The summed E-state index contributed by atoms with van der Waals surface area (Å²) in [7, 11) is 1.59. The fraction of sp³-hybridized carbons (Fsp3) is 0.278. The van der Waals surface area contributed by atoms with Crippen LogP contribution in [0.25, 0.3) is 5.95 Å². The minimum absolute atomic E-state index is 0.189. The number of aromatic amines is 1. The summed E-state index contributed by atoms with van der Waals surface area (Å²) in [6.07, 6.45) is 0. The topological polar surface area (TPSA) is 107 Å². The predicted molar refractivity (Wildman–Crippen MR) is 99.8 cm³/mol. The zero-order valence-electron chi connectivity index (χ0n) is 15.6. The van der Waals surface area contributed by atoms with Crippen molar-refractivity contribution in [2.24, 2.45) is 10.2 Å². The van der Waals surface area contributed by atoms with E-state index >= 15 is 0 Å². The quantitative estimate of drug-likeness (QED) is 0.671. The minimum atomic E-state index is -0.391. The van der Waals surface area contributed by atoms with Crippen molar-refractivity contribution in [3.05, 3.63) is 52.1 Å². The summed E-state index contributed by atoms with van der Waals surface area (Å²) in [6, 6.07) is 8.75. The molecule has 9 nitrogen and oxygen atoms in total. The standard InChI is InChI=1S/C18H20N6O3/c1-5-27-15-10-11(2)19-18(20-15)24-17(25)16(12(3)23-24)22-21-13-6-8-14(26-4)9-7-13/h6-10,23H,5H2,1-4H3. The third kappa shape index (κ3) is 4.02. The van der Waals surface area contributed by atoms with Crippen LogP contribution in [0.2, 0.25) is 0 Å². The van der Waals surface area contributed by atoms with E-state index in [9.17, 15) is 4.79 Å². The second-order valence-electron chi connectivity index (χ2n) is 5.70. The number of aromatic nitrogens is 4. The first-order valence-corrected chi connectivity index (χ1v) is 8.38. The Bertz CT molecular complexity index is 1020. The van der Waals surface area contributed by atoms with Gasteiger partial charge in [0, 0.05) is 11.8 Å². The third-order valence-electron chi connectivity index (χ3n) is 3.69. The molecule has 27 heavy (non-hydrogen) atoms. The largest absolute Gasteiger partial charge is 0.497 e. The second kappa shape index (κ2) is 7.81. The van der Waals surface area contributed by atoms with E-state index in [0.29, 0.717) is 29.6 Å². The van der Waals surface area contributed by atoms with Gasteiger partial charge in [-0.1, -0.05) is 0 Å². The van der Waals surface area contributed by atoms with Crippen LogP contribution < -0.4 is 15.0 Å². The molecule has 3 aromatic rings. The molecule has 1 aromatic carbocycles. The SMILES string of the molecule is CCOc1cc(C)nc(-n2[nH]c(C)c(N=Nc3ccc(OC)cc3)c2=O)n1. The van der Waals surface area contributed by atoms with Crippen LogP contribution in [0, 0.1) is 13.8 Å². The fourth-order valence-electron chi connectivity index (χ4n) is 2.40. The van der Waals surface area contributed by atoms with Gasteiger partial charge in [-0.15, -0.1) is 5.11 Å². The molecule has 9 heteroatoms. The second-order valence-corrected chi connectivity index (χ2v) is 5.70. The molecule has 140 valence electrons. The van der Waals surface area contributed by atoms with Crippen molar-refractivity contribution < 1.29 is 9.47 Å². The predicted octanol–water partition coefficient (Wildman–Crippen LogP) is 3.40. The highest BCUT2D eigenvalue weighted by molar-refractivity contribution is 5.44. The number of aryl methyl sites for hydroxylation is 2. The van der Waals surface area contributed by atoms with Crippen molar-refractivity contribution in [2.75, 3.05) is 13.7 Å². The Morgan fingerprint density at radius 3 is 2.56 bits per heavy atom. The molecule has 2 heterocycles. The number of ether oxygens (including phenoxy) is 2. The van der Waals surface area contributed by atoms with Crippen molar-refractivity contribution in [3.63, 3.8) is 0 Å². The van der Waals surface area contributed by atoms with Crippen molar-refractivity contribution >= 4 is 11.4 Å². The molecule has 3 rings (SSSR count). The van der Waals surface area contributed by atoms with Gasteiger partial charge >= 0.3 is 5.56 Å². The van der Waals surface area contributed by atoms with Crippen LogP contribution in [-0.2, 0) is 0 Å². The van der Waals surface area contributed by atoms with E-state index in [1.165, 1.54) is 4.68 Å². The van der Waals surface area contributed by atoms with Crippen LogP contribution in [0.15, 0.2) is 45.4 Å². The molecule has 0 radical (unpaired) electrons. The lowest BCUT2D eigenvalue weighted by atomic mass is 10.3. The molecular weight excluding hydrogens is 348 g/mol. The first-order valence-electron chi connectivity index (χ1n) is 8.38. The van der Waals surface area contributed by atoms with Crippen LogP contribution >= 0.6 is 0 Å². The highest BCUT2D eigenvalue weighted by atomic mass is 16.5. The maximum Gasteiger partial charge on any atom is 0.301 e. The van der Waals surface area contributed by atoms with Crippen LogP contribution in [0.5, 0.6) is 11.6 Å².